The molecule has 0 N–H and O–H groups in total. The maximum atomic E-state index is 12.6. The quantitative estimate of drug-likeness (QED) is 0.872. The Morgan fingerprint density at radius 3 is 2.83 bits per heavy atom. The molecule has 1 saturated heterocycles. The highest BCUT2D eigenvalue weighted by Crippen LogP contribution is 2.31. The Morgan fingerprint density at radius 1 is 1.29 bits per heavy atom. The molecule has 0 spiro atoms. The van der Waals surface area contributed by atoms with E-state index in [1.165, 1.54) is 0 Å². The largest absolute Gasteiger partial charge is 0.340 e. The van der Waals surface area contributed by atoms with Crippen LogP contribution in [0.1, 0.15) is 44.5 Å². The molecule has 126 valence electrons. The minimum atomic E-state index is -0.0681. The first-order chi connectivity index (χ1) is 11.7. The van der Waals surface area contributed by atoms with Gasteiger partial charge in [0.15, 0.2) is 0 Å². The normalized spacial score (nSPS) is 22.0. The van der Waals surface area contributed by atoms with Gasteiger partial charge in [-0.15, -0.1) is 0 Å². The second kappa shape index (κ2) is 6.04. The van der Waals surface area contributed by atoms with Crippen molar-refractivity contribution in [3.05, 3.63) is 30.1 Å². The van der Waals surface area contributed by atoms with Crippen molar-refractivity contribution in [1.82, 2.24) is 14.5 Å². The van der Waals surface area contributed by atoms with Gasteiger partial charge in [0.2, 0.25) is 5.91 Å². The average Bonchev–Trinajstić information content (AvgIpc) is 2.97. The van der Waals surface area contributed by atoms with E-state index in [4.69, 9.17) is 4.98 Å². The first kappa shape index (κ1) is 15.4. The van der Waals surface area contributed by atoms with Crippen LogP contribution in [0.15, 0.2) is 24.3 Å². The number of Topliss-reactive ketones (excluding diaryl/α,β-unsaturated/α-hetero) is 1. The monoisotopic (exact) mass is 325 g/mol. The SMILES string of the molecule is CCc1nc2ccccc2n1C1CCCN(C(=O)C2CC(=O)C2)C1. The minimum absolute atomic E-state index is 0.0681. The van der Waals surface area contributed by atoms with Gasteiger partial charge in [-0.1, -0.05) is 19.1 Å². The maximum absolute atomic E-state index is 12.6. The number of amides is 1. The van der Waals surface area contributed by atoms with Crippen LogP contribution >= 0.6 is 0 Å². The molecule has 1 saturated carbocycles. The number of ketones is 1. The Labute approximate surface area is 141 Å². The molecular formula is C19H23N3O2. The standard InChI is InChI=1S/C19H23N3O2/c1-2-18-20-16-7-3-4-8-17(16)22(18)14-6-5-9-21(12-14)19(24)13-10-15(23)11-13/h3-4,7-8,13-14H,2,5-6,9-12H2,1H3. The van der Waals surface area contributed by atoms with Crippen LogP contribution < -0.4 is 0 Å². The molecule has 2 heterocycles. The van der Waals surface area contributed by atoms with Crippen LogP contribution in [-0.4, -0.2) is 39.2 Å². The Balaban J connectivity index is 1.60. The number of benzene rings is 1. The third-order valence-electron chi connectivity index (χ3n) is 5.36. The Hall–Kier alpha value is -2.17. The number of imidazole rings is 1. The van der Waals surface area contributed by atoms with E-state index < -0.39 is 0 Å². The number of nitrogens with zero attached hydrogens (tertiary/aromatic N) is 3. The van der Waals surface area contributed by atoms with Crippen LogP contribution in [0.3, 0.4) is 0 Å². The van der Waals surface area contributed by atoms with Gasteiger partial charge < -0.3 is 9.47 Å². The first-order valence-corrected chi connectivity index (χ1v) is 8.93. The molecule has 0 radical (unpaired) electrons. The number of hydrogen-bond donors (Lipinski definition) is 0. The summed E-state index contributed by atoms with van der Waals surface area (Å²) in [4.78, 5) is 30.5. The van der Waals surface area contributed by atoms with Crippen molar-refractivity contribution in [2.24, 2.45) is 5.92 Å². The van der Waals surface area contributed by atoms with Crippen molar-refractivity contribution in [2.45, 2.75) is 45.1 Å². The van der Waals surface area contributed by atoms with Gasteiger partial charge in [-0.3, -0.25) is 9.59 Å². The van der Waals surface area contributed by atoms with Crippen molar-refractivity contribution < 1.29 is 9.59 Å². The van der Waals surface area contributed by atoms with Crippen LogP contribution in [0.2, 0.25) is 0 Å². The number of fused-ring (bicyclic) bond motifs is 1. The molecule has 1 aliphatic carbocycles. The Bertz CT molecular complexity index is 787. The van der Waals surface area contributed by atoms with Crippen molar-refractivity contribution in [3.63, 3.8) is 0 Å². The zero-order valence-electron chi connectivity index (χ0n) is 14.1. The summed E-state index contributed by atoms with van der Waals surface area (Å²) in [6.45, 7) is 3.68. The fourth-order valence-electron chi connectivity index (χ4n) is 4.04. The highest BCUT2D eigenvalue weighted by molar-refractivity contribution is 5.96. The first-order valence-electron chi connectivity index (χ1n) is 8.93. The van der Waals surface area contributed by atoms with Gasteiger partial charge in [0, 0.05) is 32.4 Å². The molecule has 1 aromatic heterocycles. The molecule has 1 aromatic carbocycles. The predicted molar refractivity (Wildman–Crippen MR) is 91.7 cm³/mol. The summed E-state index contributed by atoms with van der Waals surface area (Å²) in [5, 5.41) is 0. The van der Waals surface area contributed by atoms with E-state index >= 15 is 0 Å². The van der Waals surface area contributed by atoms with Gasteiger partial charge >= 0.3 is 0 Å². The maximum Gasteiger partial charge on any atom is 0.226 e. The highest BCUT2D eigenvalue weighted by atomic mass is 16.2. The lowest BCUT2D eigenvalue weighted by Gasteiger charge is -2.37. The molecule has 24 heavy (non-hydrogen) atoms. The molecule has 1 aliphatic heterocycles. The molecule has 1 atom stereocenters. The second-order valence-electron chi connectivity index (χ2n) is 6.96. The summed E-state index contributed by atoms with van der Waals surface area (Å²) in [5.74, 6) is 1.41. The van der Waals surface area contributed by atoms with E-state index in [1.54, 1.807) is 0 Å². The second-order valence-corrected chi connectivity index (χ2v) is 6.96. The molecule has 2 aromatic rings. The number of carbonyl (C=O) groups excluding carboxylic acids is 2. The fraction of sp³-hybridized carbons (Fsp3) is 0.526. The minimum Gasteiger partial charge on any atom is -0.340 e. The zero-order valence-corrected chi connectivity index (χ0v) is 14.1. The lowest BCUT2D eigenvalue weighted by Crippen LogP contribution is -2.47. The number of aryl methyl sites for hydroxylation is 1. The van der Waals surface area contributed by atoms with Gasteiger partial charge in [-0.25, -0.2) is 4.98 Å². The average molecular weight is 325 g/mol. The van der Waals surface area contributed by atoms with Crippen molar-refractivity contribution in [2.75, 3.05) is 13.1 Å². The molecule has 4 rings (SSSR count). The topological polar surface area (TPSA) is 55.2 Å². The van der Waals surface area contributed by atoms with Gasteiger partial charge in [-0.05, 0) is 25.0 Å². The number of likely N-dealkylation sites (tertiary alicyclic amines) is 1. The van der Waals surface area contributed by atoms with Crippen molar-refractivity contribution >= 4 is 22.7 Å². The molecule has 1 unspecified atom stereocenters. The molecule has 2 aliphatic rings. The fourth-order valence-corrected chi connectivity index (χ4v) is 4.04. The molecule has 0 bridgehead atoms. The van der Waals surface area contributed by atoms with E-state index in [0.717, 1.165) is 49.2 Å². The number of hydrogen-bond acceptors (Lipinski definition) is 3. The van der Waals surface area contributed by atoms with E-state index in [0.29, 0.717) is 12.8 Å². The summed E-state index contributed by atoms with van der Waals surface area (Å²) < 4.78 is 2.33. The zero-order chi connectivity index (χ0) is 16.7. The third kappa shape index (κ3) is 2.52. The molecule has 1 amide bonds. The lowest BCUT2D eigenvalue weighted by molar-refractivity contribution is -0.146. The molecule has 5 nitrogen and oxygen atoms in total. The van der Waals surface area contributed by atoms with E-state index in [1.807, 2.05) is 17.0 Å². The van der Waals surface area contributed by atoms with Gasteiger partial charge in [0.05, 0.1) is 23.0 Å². The van der Waals surface area contributed by atoms with E-state index in [9.17, 15) is 9.59 Å². The van der Waals surface area contributed by atoms with Crippen LogP contribution in [0.4, 0.5) is 0 Å². The summed E-state index contributed by atoms with van der Waals surface area (Å²) in [7, 11) is 0. The smallest absolute Gasteiger partial charge is 0.226 e. The Kier molecular flexibility index (Phi) is 3.87. The van der Waals surface area contributed by atoms with Crippen LogP contribution in [0.25, 0.3) is 11.0 Å². The number of rotatable bonds is 3. The molecule has 2 fully saturated rings. The number of piperidine rings is 1. The summed E-state index contributed by atoms with van der Waals surface area (Å²) >= 11 is 0. The molecular weight excluding hydrogens is 302 g/mol. The predicted octanol–water partition coefficient (Wildman–Crippen LogP) is 2.74. The number of carbonyl (C=O) groups is 2. The van der Waals surface area contributed by atoms with Crippen LogP contribution in [0.5, 0.6) is 0 Å². The molecule has 5 heteroatoms. The van der Waals surface area contributed by atoms with Crippen LogP contribution in [-0.2, 0) is 16.0 Å². The lowest BCUT2D eigenvalue weighted by atomic mass is 9.82. The van der Waals surface area contributed by atoms with Gasteiger partial charge in [-0.2, -0.15) is 0 Å². The van der Waals surface area contributed by atoms with E-state index in [-0.39, 0.29) is 23.7 Å². The summed E-state index contributed by atoms with van der Waals surface area (Å²) in [6, 6.07) is 8.51. The summed E-state index contributed by atoms with van der Waals surface area (Å²) in [5.41, 5.74) is 2.19. The van der Waals surface area contributed by atoms with Gasteiger partial charge in [0.1, 0.15) is 11.6 Å². The number of aromatic nitrogens is 2. The highest BCUT2D eigenvalue weighted by Gasteiger charge is 2.37. The van der Waals surface area contributed by atoms with Gasteiger partial charge in [0.25, 0.3) is 0 Å². The Morgan fingerprint density at radius 2 is 2.08 bits per heavy atom. The van der Waals surface area contributed by atoms with E-state index in [2.05, 4.69) is 23.6 Å². The van der Waals surface area contributed by atoms with Crippen LogP contribution in [0, 0.1) is 5.92 Å². The number of para-hydroxylation sites is 2. The van der Waals surface area contributed by atoms with Crippen molar-refractivity contribution in [1.29, 1.82) is 0 Å². The third-order valence-corrected chi connectivity index (χ3v) is 5.36. The summed E-state index contributed by atoms with van der Waals surface area (Å²) in [6.07, 6.45) is 3.84. The van der Waals surface area contributed by atoms with Crippen molar-refractivity contribution in [3.8, 4) is 0 Å².